The topological polar surface area (TPSA) is 47.3 Å². The van der Waals surface area contributed by atoms with Gasteiger partial charge in [-0.2, -0.15) is 5.10 Å². The molecule has 1 aromatic heterocycles. The Labute approximate surface area is 97.4 Å². The molecular formula is C10H15BrN2O2. The molecule has 1 saturated heterocycles. The van der Waals surface area contributed by atoms with E-state index >= 15 is 0 Å². The molecule has 2 heterocycles. The normalized spacial score (nSPS) is 21.9. The molecule has 84 valence electrons. The van der Waals surface area contributed by atoms with Crippen molar-refractivity contribution in [1.29, 1.82) is 0 Å². The van der Waals surface area contributed by atoms with E-state index in [9.17, 15) is 5.11 Å². The number of hydrogen-bond acceptors (Lipinski definition) is 3. The summed E-state index contributed by atoms with van der Waals surface area (Å²) in [4.78, 5) is 0. The van der Waals surface area contributed by atoms with Gasteiger partial charge in [-0.1, -0.05) is 0 Å². The Kier molecular flexibility index (Phi) is 3.43. The van der Waals surface area contributed by atoms with Crippen LogP contribution in [0.25, 0.3) is 0 Å². The van der Waals surface area contributed by atoms with Crippen molar-refractivity contribution in [3.8, 4) is 0 Å². The Hall–Kier alpha value is -0.390. The minimum Gasteiger partial charge on any atom is -0.390 e. The van der Waals surface area contributed by atoms with E-state index in [1.807, 2.05) is 6.92 Å². The van der Waals surface area contributed by atoms with Gasteiger partial charge in [0, 0.05) is 6.61 Å². The van der Waals surface area contributed by atoms with Crippen molar-refractivity contribution in [2.75, 3.05) is 6.61 Å². The molecule has 1 unspecified atom stereocenters. The largest absolute Gasteiger partial charge is 0.390 e. The van der Waals surface area contributed by atoms with E-state index in [0.29, 0.717) is 0 Å². The van der Waals surface area contributed by atoms with Gasteiger partial charge in [0.05, 0.1) is 22.5 Å². The van der Waals surface area contributed by atoms with E-state index in [0.717, 1.165) is 41.7 Å². The highest BCUT2D eigenvalue weighted by Gasteiger charge is 2.22. The van der Waals surface area contributed by atoms with Crippen molar-refractivity contribution in [1.82, 2.24) is 9.78 Å². The fraction of sp³-hybridized carbons (Fsp3) is 0.700. The Morgan fingerprint density at radius 1 is 1.60 bits per heavy atom. The number of aryl methyl sites for hydroxylation is 1. The molecule has 1 atom stereocenters. The van der Waals surface area contributed by atoms with Gasteiger partial charge in [0.1, 0.15) is 0 Å². The SMILES string of the molecule is Cc1nn(C2CCCCO2)c(CO)c1Br. The molecule has 0 aromatic carbocycles. The molecule has 1 N–H and O–H groups in total. The second-order valence-electron chi connectivity index (χ2n) is 3.77. The quantitative estimate of drug-likeness (QED) is 0.899. The van der Waals surface area contributed by atoms with Crippen LogP contribution in [0.5, 0.6) is 0 Å². The molecule has 1 aliphatic heterocycles. The zero-order valence-corrected chi connectivity index (χ0v) is 10.3. The van der Waals surface area contributed by atoms with E-state index in [2.05, 4.69) is 21.0 Å². The van der Waals surface area contributed by atoms with Gasteiger partial charge in [0.2, 0.25) is 0 Å². The van der Waals surface area contributed by atoms with Crippen LogP contribution in [0.15, 0.2) is 4.47 Å². The Bertz CT molecular complexity index is 345. The van der Waals surface area contributed by atoms with Crippen molar-refractivity contribution in [2.24, 2.45) is 0 Å². The molecule has 0 radical (unpaired) electrons. The van der Waals surface area contributed by atoms with Gasteiger partial charge in [0.15, 0.2) is 6.23 Å². The molecule has 5 heteroatoms. The molecular weight excluding hydrogens is 260 g/mol. The van der Waals surface area contributed by atoms with Gasteiger partial charge in [-0.15, -0.1) is 0 Å². The van der Waals surface area contributed by atoms with Crippen LogP contribution >= 0.6 is 15.9 Å². The third kappa shape index (κ3) is 2.09. The number of nitrogens with zero attached hydrogens (tertiary/aromatic N) is 2. The maximum Gasteiger partial charge on any atom is 0.150 e. The van der Waals surface area contributed by atoms with E-state index in [1.54, 1.807) is 4.68 Å². The minimum absolute atomic E-state index is 0.00843. The molecule has 0 bridgehead atoms. The lowest BCUT2D eigenvalue weighted by Gasteiger charge is -2.24. The number of aromatic nitrogens is 2. The predicted octanol–water partition coefficient (Wildman–Crippen LogP) is 2.15. The van der Waals surface area contributed by atoms with Crippen LogP contribution in [-0.2, 0) is 11.3 Å². The summed E-state index contributed by atoms with van der Waals surface area (Å²) < 4.78 is 8.34. The van der Waals surface area contributed by atoms with Gasteiger partial charge in [-0.3, -0.25) is 0 Å². The van der Waals surface area contributed by atoms with Gasteiger partial charge in [-0.05, 0) is 42.1 Å². The van der Waals surface area contributed by atoms with Gasteiger partial charge >= 0.3 is 0 Å². The first-order valence-corrected chi connectivity index (χ1v) is 5.99. The zero-order valence-electron chi connectivity index (χ0n) is 8.74. The highest BCUT2D eigenvalue weighted by molar-refractivity contribution is 9.10. The first kappa shape index (κ1) is 11.1. The molecule has 1 aromatic rings. The molecule has 1 fully saturated rings. The number of hydrogen-bond donors (Lipinski definition) is 1. The van der Waals surface area contributed by atoms with Crippen LogP contribution < -0.4 is 0 Å². The molecule has 4 nitrogen and oxygen atoms in total. The second-order valence-corrected chi connectivity index (χ2v) is 4.56. The summed E-state index contributed by atoms with van der Waals surface area (Å²) in [5.41, 5.74) is 1.70. The summed E-state index contributed by atoms with van der Waals surface area (Å²) >= 11 is 3.43. The lowest BCUT2D eigenvalue weighted by Crippen LogP contribution is -2.21. The number of aliphatic hydroxyl groups is 1. The number of aliphatic hydroxyl groups excluding tert-OH is 1. The Morgan fingerprint density at radius 2 is 2.40 bits per heavy atom. The summed E-state index contributed by atoms with van der Waals surface area (Å²) in [5.74, 6) is 0. The molecule has 1 aliphatic rings. The first-order valence-electron chi connectivity index (χ1n) is 5.20. The monoisotopic (exact) mass is 274 g/mol. The summed E-state index contributed by atoms with van der Waals surface area (Å²) in [5, 5.41) is 13.7. The number of rotatable bonds is 2. The fourth-order valence-corrected chi connectivity index (χ4v) is 2.26. The van der Waals surface area contributed by atoms with Crippen LogP contribution in [0.2, 0.25) is 0 Å². The average Bonchev–Trinajstić information content (AvgIpc) is 2.56. The molecule has 2 rings (SSSR count). The highest BCUT2D eigenvalue weighted by Crippen LogP contribution is 2.28. The number of halogens is 1. The molecule has 0 saturated carbocycles. The van der Waals surface area contributed by atoms with Gasteiger partial charge in [-0.25, -0.2) is 4.68 Å². The number of ether oxygens (including phenoxy) is 1. The van der Waals surface area contributed by atoms with Gasteiger partial charge < -0.3 is 9.84 Å². The van der Waals surface area contributed by atoms with Gasteiger partial charge in [0.25, 0.3) is 0 Å². The summed E-state index contributed by atoms with van der Waals surface area (Å²) in [6.07, 6.45) is 3.24. The van der Waals surface area contributed by atoms with Crippen molar-refractivity contribution in [3.05, 3.63) is 15.9 Å². The van der Waals surface area contributed by atoms with Crippen molar-refractivity contribution in [3.63, 3.8) is 0 Å². The third-order valence-electron chi connectivity index (χ3n) is 2.68. The standard InChI is InChI=1S/C10H15BrN2O2/c1-7-10(11)8(6-14)13(12-7)9-4-2-3-5-15-9/h9,14H,2-6H2,1H3. The molecule has 0 spiro atoms. The maximum absolute atomic E-state index is 9.30. The average molecular weight is 275 g/mol. The van der Waals surface area contributed by atoms with Crippen molar-refractivity contribution >= 4 is 15.9 Å². The maximum atomic E-state index is 9.30. The zero-order chi connectivity index (χ0) is 10.8. The van der Waals surface area contributed by atoms with Crippen LogP contribution in [-0.4, -0.2) is 21.5 Å². The fourth-order valence-electron chi connectivity index (χ4n) is 1.87. The van der Waals surface area contributed by atoms with Crippen LogP contribution in [0.1, 0.15) is 36.9 Å². The summed E-state index contributed by atoms with van der Waals surface area (Å²) in [6.45, 7) is 2.69. The third-order valence-corrected chi connectivity index (χ3v) is 3.72. The summed E-state index contributed by atoms with van der Waals surface area (Å²) in [6, 6.07) is 0. The predicted molar refractivity (Wildman–Crippen MR) is 59.4 cm³/mol. The van der Waals surface area contributed by atoms with E-state index < -0.39 is 0 Å². The molecule has 0 amide bonds. The van der Waals surface area contributed by atoms with Crippen LogP contribution in [0.3, 0.4) is 0 Å². The minimum atomic E-state index is -0.0126. The van der Waals surface area contributed by atoms with E-state index in [-0.39, 0.29) is 12.8 Å². The van der Waals surface area contributed by atoms with Crippen LogP contribution in [0.4, 0.5) is 0 Å². The lowest BCUT2D eigenvalue weighted by molar-refractivity contribution is -0.0428. The summed E-state index contributed by atoms with van der Waals surface area (Å²) in [7, 11) is 0. The van der Waals surface area contributed by atoms with Crippen molar-refractivity contribution < 1.29 is 9.84 Å². The van der Waals surface area contributed by atoms with Crippen LogP contribution in [0, 0.1) is 6.92 Å². The lowest BCUT2D eigenvalue weighted by atomic mass is 10.2. The Balaban J connectivity index is 2.29. The molecule has 0 aliphatic carbocycles. The smallest absolute Gasteiger partial charge is 0.150 e. The molecule has 15 heavy (non-hydrogen) atoms. The van der Waals surface area contributed by atoms with E-state index in [1.165, 1.54) is 0 Å². The second kappa shape index (κ2) is 4.63. The first-order chi connectivity index (χ1) is 7.24. The Morgan fingerprint density at radius 3 is 3.00 bits per heavy atom. The highest BCUT2D eigenvalue weighted by atomic mass is 79.9. The van der Waals surface area contributed by atoms with Crippen molar-refractivity contribution in [2.45, 2.75) is 39.0 Å². The van der Waals surface area contributed by atoms with E-state index in [4.69, 9.17) is 4.74 Å².